The van der Waals surface area contributed by atoms with Gasteiger partial charge in [-0.15, -0.1) is 24.8 Å². The standard InChI is InChI=1S/C17H24N2O.2ClH/c1-3-4-5-6-8-15-11-17(13-18-12-15)20-14-16-9-7-10-19(16)2;;/h11-13,16H,3-5,7,9-10,14H2,1-2H3;2*1H/t16-;;/m0../s1. The highest BCUT2D eigenvalue weighted by Gasteiger charge is 2.21. The van der Waals surface area contributed by atoms with E-state index in [0.717, 1.165) is 30.8 Å². The van der Waals surface area contributed by atoms with Crippen LogP contribution in [0.5, 0.6) is 5.75 Å². The second-order valence-electron chi connectivity index (χ2n) is 5.40. The molecule has 124 valence electrons. The van der Waals surface area contributed by atoms with Crippen molar-refractivity contribution in [2.75, 3.05) is 20.2 Å². The van der Waals surface area contributed by atoms with E-state index in [2.05, 4.69) is 35.7 Å². The summed E-state index contributed by atoms with van der Waals surface area (Å²) in [5.74, 6) is 7.16. The molecule has 1 aliphatic rings. The number of likely N-dealkylation sites (N-methyl/N-ethyl adjacent to an activating group) is 1. The fourth-order valence-corrected chi connectivity index (χ4v) is 2.38. The lowest BCUT2D eigenvalue weighted by Crippen LogP contribution is -2.30. The van der Waals surface area contributed by atoms with Gasteiger partial charge in [0.2, 0.25) is 0 Å². The Morgan fingerprint density at radius 2 is 2.18 bits per heavy atom. The Balaban J connectivity index is 0.00000220. The van der Waals surface area contributed by atoms with Crippen molar-refractivity contribution in [3.8, 4) is 17.6 Å². The molecule has 1 aliphatic heterocycles. The highest BCUT2D eigenvalue weighted by molar-refractivity contribution is 5.85. The molecule has 0 spiro atoms. The fraction of sp³-hybridized carbons (Fsp3) is 0.588. The number of aromatic nitrogens is 1. The zero-order valence-corrected chi connectivity index (χ0v) is 15.0. The molecular formula is C17H26Cl2N2O. The maximum absolute atomic E-state index is 5.86. The van der Waals surface area contributed by atoms with Crippen molar-refractivity contribution in [3.05, 3.63) is 24.0 Å². The number of hydrogen-bond acceptors (Lipinski definition) is 3. The van der Waals surface area contributed by atoms with Gasteiger partial charge < -0.3 is 9.64 Å². The molecule has 0 saturated carbocycles. The minimum absolute atomic E-state index is 0. The molecule has 0 aromatic carbocycles. The van der Waals surface area contributed by atoms with Gasteiger partial charge in [-0.2, -0.15) is 0 Å². The smallest absolute Gasteiger partial charge is 0.138 e. The molecule has 0 bridgehead atoms. The Kier molecular flexibility index (Phi) is 11.1. The lowest BCUT2D eigenvalue weighted by molar-refractivity contribution is 0.198. The van der Waals surface area contributed by atoms with Gasteiger partial charge in [-0.3, -0.25) is 4.98 Å². The molecule has 22 heavy (non-hydrogen) atoms. The molecule has 0 N–H and O–H groups in total. The predicted octanol–water partition coefficient (Wildman–Crippen LogP) is 3.94. The van der Waals surface area contributed by atoms with Gasteiger partial charge in [0, 0.05) is 24.2 Å². The molecule has 2 rings (SSSR count). The lowest BCUT2D eigenvalue weighted by Gasteiger charge is -2.19. The van der Waals surface area contributed by atoms with Crippen molar-refractivity contribution in [1.82, 2.24) is 9.88 Å². The van der Waals surface area contributed by atoms with Gasteiger partial charge in [-0.05, 0) is 38.9 Å². The Morgan fingerprint density at radius 3 is 2.86 bits per heavy atom. The van der Waals surface area contributed by atoms with Gasteiger partial charge in [0.25, 0.3) is 0 Å². The molecule has 1 saturated heterocycles. The highest BCUT2D eigenvalue weighted by Crippen LogP contribution is 2.17. The van der Waals surface area contributed by atoms with Crippen molar-refractivity contribution in [1.29, 1.82) is 0 Å². The normalized spacial score (nSPS) is 16.9. The predicted molar refractivity (Wildman–Crippen MR) is 96.3 cm³/mol. The average molecular weight is 345 g/mol. The number of pyridine rings is 1. The van der Waals surface area contributed by atoms with Crippen LogP contribution in [0, 0.1) is 11.8 Å². The SMILES string of the molecule is CCCCC#Cc1cncc(OC[C@@H]2CCCN2C)c1.Cl.Cl. The second kappa shape index (κ2) is 11.6. The molecular weight excluding hydrogens is 319 g/mol. The van der Waals surface area contributed by atoms with Crippen LogP contribution in [0.3, 0.4) is 0 Å². The Morgan fingerprint density at radius 1 is 1.36 bits per heavy atom. The van der Waals surface area contributed by atoms with Crippen LogP contribution in [0.2, 0.25) is 0 Å². The van der Waals surface area contributed by atoms with E-state index in [1.54, 1.807) is 12.4 Å². The van der Waals surface area contributed by atoms with Gasteiger partial charge in [0.05, 0.1) is 6.20 Å². The molecule has 0 radical (unpaired) electrons. The average Bonchev–Trinajstić information content (AvgIpc) is 2.87. The first-order chi connectivity index (χ1) is 9.79. The molecule has 0 aliphatic carbocycles. The summed E-state index contributed by atoms with van der Waals surface area (Å²) in [6.07, 6.45) is 9.36. The third-order valence-electron chi connectivity index (χ3n) is 3.72. The highest BCUT2D eigenvalue weighted by atomic mass is 35.5. The number of nitrogens with zero attached hydrogens (tertiary/aromatic N) is 2. The van der Waals surface area contributed by atoms with Crippen LogP contribution >= 0.6 is 24.8 Å². The van der Waals surface area contributed by atoms with E-state index in [9.17, 15) is 0 Å². The second-order valence-corrected chi connectivity index (χ2v) is 5.40. The van der Waals surface area contributed by atoms with Crippen LogP contribution in [-0.4, -0.2) is 36.1 Å². The van der Waals surface area contributed by atoms with Crippen molar-refractivity contribution >= 4 is 24.8 Å². The van der Waals surface area contributed by atoms with Crippen LogP contribution in [-0.2, 0) is 0 Å². The summed E-state index contributed by atoms with van der Waals surface area (Å²) in [5, 5.41) is 0. The van der Waals surface area contributed by atoms with E-state index in [0.29, 0.717) is 6.04 Å². The summed E-state index contributed by atoms with van der Waals surface area (Å²) in [6, 6.07) is 2.52. The summed E-state index contributed by atoms with van der Waals surface area (Å²) in [4.78, 5) is 6.57. The quantitative estimate of drug-likeness (QED) is 0.597. The van der Waals surface area contributed by atoms with E-state index in [4.69, 9.17) is 4.74 Å². The minimum atomic E-state index is 0. The van der Waals surface area contributed by atoms with Crippen molar-refractivity contribution in [2.24, 2.45) is 0 Å². The first-order valence-corrected chi connectivity index (χ1v) is 7.56. The molecule has 0 amide bonds. The zero-order valence-electron chi connectivity index (χ0n) is 13.4. The summed E-state index contributed by atoms with van der Waals surface area (Å²) >= 11 is 0. The maximum atomic E-state index is 5.86. The van der Waals surface area contributed by atoms with Crippen LogP contribution in [0.4, 0.5) is 0 Å². The molecule has 1 aromatic heterocycles. The molecule has 1 fully saturated rings. The molecule has 1 aromatic rings. The van der Waals surface area contributed by atoms with E-state index in [1.807, 2.05) is 6.07 Å². The van der Waals surface area contributed by atoms with Gasteiger partial charge in [0.15, 0.2) is 0 Å². The first-order valence-electron chi connectivity index (χ1n) is 7.56. The van der Waals surface area contributed by atoms with E-state index in [-0.39, 0.29) is 24.8 Å². The third-order valence-corrected chi connectivity index (χ3v) is 3.72. The number of likely N-dealkylation sites (tertiary alicyclic amines) is 1. The molecule has 2 heterocycles. The Labute approximate surface area is 146 Å². The Bertz CT molecular complexity index is 485. The summed E-state index contributed by atoms with van der Waals surface area (Å²) < 4.78 is 5.86. The molecule has 3 nitrogen and oxygen atoms in total. The van der Waals surface area contributed by atoms with E-state index < -0.39 is 0 Å². The first kappa shape index (κ1) is 21.0. The summed E-state index contributed by atoms with van der Waals surface area (Å²) in [6.45, 7) is 4.10. The molecule has 1 atom stereocenters. The number of rotatable bonds is 5. The van der Waals surface area contributed by atoms with E-state index >= 15 is 0 Å². The summed E-state index contributed by atoms with van der Waals surface area (Å²) in [7, 11) is 2.16. The number of unbranched alkanes of at least 4 members (excludes halogenated alkanes) is 2. The van der Waals surface area contributed by atoms with Gasteiger partial charge in [-0.1, -0.05) is 25.2 Å². The van der Waals surface area contributed by atoms with Crippen LogP contribution < -0.4 is 4.74 Å². The van der Waals surface area contributed by atoms with E-state index in [1.165, 1.54) is 25.8 Å². The minimum Gasteiger partial charge on any atom is -0.490 e. The number of halogens is 2. The van der Waals surface area contributed by atoms with Gasteiger partial charge in [-0.25, -0.2) is 0 Å². The fourth-order valence-electron chi connectivity index (χ4n) is 2.38. The van der Waals surface area contributed by atoms with Crippen LogP contribution in [0.15, 0.2) is 18.5 Å². The number of ether oxygens (including phenoxy) is 1. The zero-order chi connectivity index (χ0) is 14.2. The molecule has 5 heteroatoms. The summed E-state index contributed by atoms with van der Waals surface area (Å²) in [5.41, 5.74) is 0.943. The van der Waals surface area contributed by atoms with Gasteiger partial charge >= 0.3 is 0 Å². The van der Waals surface area contributed by atoms with Crippen molar-refractivity contribution in [2.45, 2.75) is 45.1 Å². The van der Waals surface area contributed by atoms with Gasteiger partial charge in [0.1, 0.15) is 12.4 Å². The largest absolute Gasteiger partial charge is 0.490 e. The van der Waals surface area contributed by atoms with Crippen LogP contribution in [0.1, 0.15) is 44.6 Å². The Hall–Kier alpha value is -0.950. The van der Waals surface area contributed by atoms with Crippen molar-refractivity contribution < 1.29 is 4.74 Å². The lowest BCUT2D eigenvalue weighted by atomic mass is 10.2. The van der Waals surface area contributed by atoms with Crippen molar-refractivity contribution in [3.63, 3.8) is 0 Å². The maximum Gasteiger partial charge on any atom is 0.138 e. The third kappa shape index (κ3) is 6.87. The topological polar surface area (TPSA) is 25.4 Å². The van der Waals surface area contributed by atoms with Crippen LogP contribution in [0.25, 0.3) is 0 Å². The number of hydrogen-bond donors (Lipinski definition) is 0. The molecule has 0 unspecified atom stereocenters. The monoisotopic (exact) mass is 344 g/mol.